The molecule has 0 spiro atoms. The predicted molar refractivity (Wildman–Crippen MR) is 136 cm³/mol. The molecule has 0 amide bonds. The molecule has 5 aromatic rings. The fourth-order valence-electron chi connectivity index (χ4n) is 3.47. The molecule has 0 aliphatic rings. The minimum atomic E-state index is -4.67. The monoisotopic (exact) mass is 557 g/mol. The molecule has 3 aromatic heterocycles. The van der Waals surface area contributed by atoms with Gasteiger partial charge in [-0.15, -0.1) is 0 Å². The van der Waals surface area contributed by atoms with Gasteiger partial charge >= 0.3 is 6.18 Å². The lowest BCUT2D eigenvalue weighted by molar-refractivity contribution is -0.138. The first-order valence-electron chi connectivity index (χ1n) is 11.1. The third kappa shape index (κ3) is 6.69. The molecule has 200 valence electrons. The number of aromatic nitrogens is 4. The van der Waals surface area contributed by atoms with Crippen LogP contribution in [0.25, 0.3) is 22.2 Å². The van der Waals surface area contributed by atoms with Crippen LogP contribution in [0.5, 0.6) is 0 Å². The maximum absolute atomic E-state index is 14.1. The van der Waals surface area contributed by atoms with E-state index in [1.165, 1.54) is 18.5 Å². The van der Waals surface area contributed by atoms with Crippen molar-refractivity contribution in [3.8, 4) is 11.3 Å². The fraction of sp³-hybridized carbons (Fsp3) is 0.0769. The van der Waals surface area contributed by atoms with Crippen molar-refractivity contribution in [3.05, 3.63) is 102 Å². The Hall–Kier alpha value is -4.49. The van der Waals surface area contributed by atoms with E-state index >= 15 is 0 Å². The Morgan fingerprint density at radius 2 is 1.62 bits per heavy atom. The second-order valence-electron chi connectivity index (χ2n) is 8.07. The van der Waals surface area contributed by atoms with Gasteiger partial charge in [-0.3, -0.25) is 9.54 Å². The van der Waals surface area contributed by atoms with Gasteiger partial charge in [-0.2, -0.15) is 21.6 Å². The molecule has 0 aliphatic carbocycles. The van der Waals surface area contributed by atoms with Gasteiger partial charge in [0.25, 0.3) is 10.1 Å². The van der Waals surface area contributed by atoms with Crippen LogP contribution in [0.4, 0.5) is 29.2 Å². The molecule has 0 atom stereocenters. The van der Waals surface area contributed by atoms with Crippen LogP contribution < -0.4 is 5.32 Å². The van der Waals surface area contributed by atoms with Crippen molar-refractivity contribution < 1.29 is 30.5 Å². The summed E-state index contributed by atoms with van der Waals surface area (Å²) >= 11 is 0. The molecule has 0 bridgehead atoms. The molecule has 13 heteroatoms. The number of rotatable bonds is 4. The molecular weight excluding hydrogens is 538 g/mol. The van der Waals surface area contributed by atoms with Crippen molar-refractivity contribution in [3.63, 3.8) is 0 Å². The molecule has 8 nitrogen and oxygen atoms in total. The Labute approximate surface area is 220 Å². The number of hydrogen-bond donors (Lipinski definition) is 2. The molecule has 5 rings (SSSR count). The Morgan fingerprint density at radius 1 is 0.872 bits per heavy atom. The summed E-state index contributed by atoms with van der Waals surface area (Å²) in [5.74, 6) is -1.25. The molecule has 39 heavy (non-hydrogen) atoms. The van der Waals surface area contributed by atoms with Gasteiger partial charge in [-0.05, 0) is 37.3 Å². The zero-order valence-corrected chi connectivity index (χ0v) is 20.9. The van der Waals surface area contributed by atoms with Gasteiger partial charge in [-0.1, -0.05) is 36.4 Å². The first-order valence-corrected chi connectivity index (χ1v) is 12.6. The van der Waals surface area contributed by atoms with Crippen LogP contribution in [0.1, 0.15) is 11.1 Å². The molecule has 0 aliphatic heterocycles. The lowest BCUT2D eigenvalue weighted by atomic mass is 10.0. The molecule has 0 fully saturated rings. The van der Waals surface area contributed by atoms with Crippen molar-refractivity contribution in [2.45, 2.75) is 18.0 Å². The highest BCUT2D eigenvalue weighted by atomic mass is 32.2. The highest BCUT2D eigenvalue weighted by Crippen LogP contribution is 2.32. The van der Waals surface area contributed by atoms with Crippen molar-refractivity contribution >= 4 is 32.7 Å². The van der Waals surface area contributed by atoms with E-state index in [-0.39, 0.29) is 16.5 Å². The van der Waals surface area contributed by atoms with E-state index in [0.29, 0.717) is 23.5 Å². The average molecular weight is 558 g/mol. The maximum atomic E-state index is 14.1. The summed E-state index contributed by atoms with van der Waals surface area (Å²) in [6.07, 6.45) is -1.13. The van der Waals surface area contributed by atoms with Gasteiger partial charge in [0.15, 0.2) is 11.6 Å². The second-order valence-corrected chi connectivity index (χ2v) is 9.49. The van der Waals surface area contributed by atoms with E-state index in [2.05, 4.69) is 25.3 Å². The molecule has 2 N–H and O–H groups in total. The van der Waals surface area contributed by atoms with Gasteiger partial charge in [0.05, 0.1) is 21.7 Å². The summed E-state index contributed by atoms with van der Waals surface area (Å²) in [5, 5.41) is 3.62. The molecule has 3 heterocycles. The second kappa shape index (κ2) is 11.1. The van der Waals surface area contributed by atoms with Crippen LogP contribution in [-0.4, -0.2) is 32.9 Å². The number of nitrogens with one attached hydrogen (secondary N) is 1. The lowest BCUT2D eigenvalue weighted by Crippen LogP contribution is -2.09. The largest absolute Gasteiger partial charge is 0.417 e. The van der Waals surface area contributed by atoms with Crippen LogP contribution in [-0.2, 0) is 16.3 Å². The number of pyridine rings is 2. The van der Waals surface area contributed by atoms with Crippen LogP contribution >= 0.6 is 0 Å². The molecule has 0 unspecified atom stereocenters. The Balaban J connectivity index is 0.000000298. The highest BCUT2D eigenvalue weighted by molar-refractivity contribution is 7.85. The average Bonchev–Trinajstić information content (AvgIpc) is 2.90. The van der Waals surface area contributed by atoms with Crippen molar-refractivity contribution in [2.24, 2.45) is 0 Å². The van der Waals surface area contributed by atoms with E-state index in [0.717, 1.165) is 16.5 Å². The zero-order valence-electron chi connectivity index (χ0n) is 20.1. The summed E-state index contributed by atoms with van der Waals surface area (Å²) in [4.78, 5) is 16.1. The third-order valence-electron chi connectivity index (χ3n) is 5.41. The van der Waals surface area contributed by atoms with E-state index in [1.54, 1.807) is 31.3 Å². The highest BCUT2D eigenvalue weighted by Gasteiger charge is 2.32. The van der Waals surface area contributed by atoms with Gasteiger partial charge in [-0.25, -0.2) is 19.3 Å². The summed E-state index contributed by atoms with van der Waals surface area (Å²) < 4.78 is 81.4. The number of hydrogen-bond acceptors (Lipinski definition) is 7. The van der Waals surface area contributed by atoms with Crippen LogP contribution in [0.2, 0.25) is 0 Å². The van der Waals surface area contributed by atoms with Crippen molar-refractivity contribution in [2.75, 3.05) is 5.32 Å². The molecule has 2 aromatic carbocycles. The summed E-state index contributed by atoms with van der Waals surface area (Å²) in [5.41, 5.74) is 1.57. The van der Waals surface area contributed by atoms with Gasteiger partial charge in [0, 0.05) is 28.9 Å². The molecule has 0 saturated carbocycles. The number of nitrogens with zero attached hydrogens (tertiary/aromatic N) is 4. The number of benzene rings is 2. The topological polar surface area (TPSA) is 118 Å². The zero-order chi connectivity index (χ0) is 28.2. The Morgan fingerprint density at radius 3 is 2.26 bits per heavy atom. The molecule has 0 saturated heterocycles. The SMILES string of the molecule is Cc1c(Nc2ncc(C(F)(F)F)cc2F)ncnc1-c1ccc2cccnc2c1.O=S(=O)(O)c1ccccc1. The lowest BCUT2D eigenvalue weighted by Gasteiger charge is -2.13. The first kappa shape index (κ1) is 27.5. The maximum Gasteiger partial charge on any atom is 0.417 e. The summed E-state index contributed by atoms with van der Waals surface area (Å²) in [6, 6.07) is 17.2. The first-order chi connectivity index (χ1) is 18.4. The summed E-state index contributed by atoms with van der Waals surface area (Å²) in [6.45, 7) is 1.72. The number of halogens is 4. The van der Waals surface area contributed by atoms with E-state index in [9.17, 15) is 26.0 Å². The van der Waals surface area contributed by atoms with E-state index in [1.807, 2.05) is 30.3 Å². The Kier molecular flexibility index (Phi) is 7.83. The smallest absolute Gasteiger partial charge is 0.322 e. The predicted octanol–water partition coefficient (Wildman–Crippen LogP) is 6.23. The molecular formula is C26H19F4N5O3S. The minimum absolute atomic E-state index is 0.0741. The van der Waals surface area contributed by atoms with Gasteiger partial charge < -0.3 is 5.32 Å². The van der Waals surface area contributed by atoms with E-state index in [4.69, 9.17) is 4.55 Å². The van der Waals surface area contributed by atoms with Gasteiger partial charge in [0.1, 0.15) is 12.1 Å². The number of anilines is 2. The van der Waals surface area contributed by atoms with E-state index < -0.39 is 27.7 Å². The third-order valence-corrected chi connectivity index (χ3v) is 6.28. The fourth-order valence-corrected chi connectivity index (χ4v) is 3.97. The number of fused-ring (bicyclic) bond motifs is 1. The van der Waals surface area contributed by atoms with Crippen molar-refractivity contribution in [1.29, 1.82) is 0 Å². The number of alkyl halides is 3. The van der Waals surface area contributed by atoms with Crippen LogP contribution in [0.15, 0.2) is 90.3 Å². The quantitative estimate of drug-likeness (QED) is 0.197. The van der Waals surface area contributed by atoms with Gasteiger partial charge in [0.2, 0.25) is 0 Å². The summed E-state index contributed by atoms with van der Waals surface area (Å²) in [7, 11) is -4.00. The molecule has 0 radical (unpaired) electrons. The standard InChI is InChI=1S/C20H13F4N5.C6H6O3S/c1-11-17(13-5-4-12-3-2-6-25-16(12)7-13)27-10-28-18(11)29-19-15(21)8-14(9-26-19)20(22,23)24;7-10(8,9)6-4-2-1-3-5-6/h2-10H,1H3,(H,26,27,28,29);1-5H,(H,7,8,9). The van der Waals surface area contributed by atoms with Crippen molar-refractivity contribution in [1.82, 2.24) is 19.9 Å². The normalized spacial score (nSPS) is 11.5. The minimum Gasteiger partial charge on any atom is -0.322 e. The van der Waals surface area contributed by atoms with Crippen LogP contribution in [0.3, 0.4) is 0 Å². The Bertz CT molecular complexity index is 1730. The van der Waals surface area contributed by atoms with Crippen LogP contribution in [0, 0.1) is 12.7 Å².